The predicted octanol–water partition coefficient (Wildman–Crippen LogP) is 3.79. The molecule has 0 fully saturated rings. The van der Waals surface area contributed by atoms with E-state index in [0.29, 0.717) is 4.47 Å². The SMILES string of the molecule is Cc1c[c-]c(-c2c(F)cccc2Br)n(CC(F)F)c1=O.[Y]. The second kappa shape index (κ2) is 7.70. The van der Waals surface area contributed by atoms with Gasteiger partial charge < -0.3 is 4.57 Å². The summed E-state index contributed by atoms with van der Waals surface area (Å²) in [6.45, 7) is 0.702. The van der Waals surface area contributed by atoms with Crippen LogP contribution in [0.1, 0.15) is 5.56 Å². The summed E-state index contributed by atoms with van der Waals surface area (Å²) in [4.78, 5) is 12.0. The van der Waals surface area contributed by atoms with Crippen molar-refractivity contribution >= 4 is 15.9 Å². The molecule has 0 aliphatic rings. The molecule has 0 saturated carbocycles. The van der Waals surface area contributed by atoms with Crippen molar-refractivity contribution in [2.24, 2.45) is 0 Å². The van der Waals surface area contributed by atoms with Gasteiger partial charge in [-0.05, 0) is 10.5 Å². The van der Waals surface area contributed by atoms with E-state index in [2.05, 4.69) is 22.0 Å². The Morgan fingerprint density at radius 1 is 1.38 bits per heavy atom. The van der Waals surface area contributed by atoms with E-state index in [4.69, 9.17) is 0 Å². The van der Waals surface area contributed by atoms with Crippen molar-refractivity contribution in [3.8, 4) is 11.3 Å². The minimum absolute atomic E-state index is 0. The largest absolute Gasteiger partial charge is 0.336 e. The van der Waals surface area contributed by atoms with Gasteiger partial charge in [-0.3, -0.25) is 4.79 Å². The number of alkyl halides is 2. The molecule has 0 N–H and O–H groups in total. The van der Waals surface area contributed by atoms with E-state index in [1.54, 1.807) is 6.07 Å². The Morgan fingerprint density at radius 3 is 2.62 bits per heavy atom. The number of hydrogen-bond acceptors (Lipinski definition) is 1. The minimum atomic E-state index is -2.72. The number of halogens is 4. The van der Waals surface area contributed by atoms with Crippen molar-refractivity contribution in [2.75, 3.05) is 0 Å². The summed E-state index contributed by atoms with van der Waals surface area (Å²) in [5.74, 6) is -0.609. The molecule has 0 saturated heterocycles. The van der Waals surface area contributed by atoms with Crippen molar-refractivity contribution in [1.82, 2.24) is 4.57 Å². The Hall–Kier alpha value is -0.456. The van der Waals surface area contributed by atoms with Crippen molar-refractivity contribution in [3.05, 3.63) is 56.5 Å². The van der Waals surface area contributed by atoms with E-state index in [0.717, 1.165) is 4.57 Å². The van der Waals surface area contributed by atoms with Gasteiger partial charge in [0.05, 0.1) is 12.4 Å². The number of nitrogens with zero attached hydrogens (tertiary/aromatic N) is 1. The first-order valence-electron chi connectivity index (χ1n) is 5.76. The molecule has 0 bridgehead atoms. The van der Waals surface area contributed by atoms with Crippen LogP contribution in [-0.2, 0) is 39.3 Å². The maximum atomic E-state index is 13.9. The molecule has 21 heavy (non-hydrogen) atoms. The number of rotatable bonds is 3. The monoisotopic (exact) mass is 433 g/mol. The Morgan fingerprint density at radius 2 is 2.05 bits per heavy atom. The van der Waals surface area contributed by atoms with Crippen LogP contribution in [0.4, 0.5) is 13.2 Å². The first-order chi connectivity index (χ1) is 9.41. The van der Waals surface area contributed by atoms with Crippen LogP contribution in [0.5, 0.6) is 0 Å². The number of benzene rings is 1. The summed E-state index contributed by atoms with van der Waals surface area (Å²) in [6, 6.07) is 8.33. The zero-order chi connectivity index (χ0) is 14.9. The van der Waals surface area contributed by atoms with Gasteiger partial charge >= 0.3 is 0 Å². The molecule has 1 aromatic carbocycles. The van der Waals surface area contributed by atoms with Crippen LogP contribution < -0.4 is 5.56 Å². The molecule has 2 aromatic rings. The smallest absolute Gasteiger partial charge is 0.256 e. The molecule has 0 unspecified atom stereocenters. The Kier molecular flexibility index (Phi) is 6.82. The van der Waals surface area contributed by atoms with E-state index < -0.39 is 24.3 Å². The van der Waals surface area contributed by atoms with E-state index in [9.17, 15) is 18.0 Å². The van der Waals surface area contributed by atoms with Gasteiger partial charge in [-0.2, -0.15) is 12.1 Å². The number of hydrogen-bond donors (Lipinski definition) is 0. The summed E-state index contributed by atoms with van der Waals surface area (Å²) >= 11 is 3.16. The molecule has 0 spiro atoms. The number of aromatic nitrogens is 1. The first kappa shape index (κ1) is 18.6. The Bertz CT molecular complexity index is 683. The van der Waals surface area contributed by atoms with Gasteiger partial charge in [0, 0.05) is 32.7 Å². The normalized spacial score (nSPS) is 10.6. The second-order valence-corrected chi connectivity index (χ2v) is 5.08. The van der Waals surface area contributed by atoms with Crippen molar-refractivity contribution in [2.45, 2.75) is 19.9 Å². The molecule has 2 nitrogen and oxygen atoms in total. The molecular weight excluding hydrogens is 424 g/mol. The molecule has 7 heteroatoms. The average Bonchev–Trinajstić information content (AvgIpc) is 2.37. The van der Waals surface area contributed by atoms with Crippen molar-refractivity contribution in [1.29, 1.82) is 0 Å². The predicted molar refractivity (Wildman–Crippen MR) is 73.4 cm³/mol. The molecule has 1 radical (unpaired) electrons. The van der Waals surface area contributed by atoms with Gasteiger partial charge in [0.1, 0.15) is 0 Å². The van der Waals surface area contributed by atoms with Gasteiger partial charge in [0.25, 0.3) is 6.43 Å². The number of aryl methyl sites for hydroxylation is 1. The molecule has 0 amide bonds. The molecule has 2 rings (SSSR count). The van der Waals surface area contributed by atoms with Crippen LogP contribution in [0.2, 0.25) is 0 Å². The fraction of sp³-hybridized carbons (Fsp3) is 0.214. The number of pyridine rings is 1. The minimum Gasteiger partial charge on any atom is -0.336 e. The van der Waals surface area contributed by atoms with E-state index in [-0.39, 0.29) is 49.5 Å². The van der Waals surface area contributed by atoms with Crippen LogP contribution >= 0.6 is 15.9 Å². The standard InChI is InChI=1S/C14H10BrF3NO.Y/c1-8-5-6-11(19(14(8)20)7-12(17)18)13-9(15)3-2-4-10(13)16;/h2-5,12H,7H2,1H3;/q-1;. The van der Waals surface area contributed by atoms with E-state index in [1.807, 2.05) is 0 Å². The van der Waals surface area contributed by atoms with E-state index >= 15 is 0 Å². The zero-order valence-corrected chi connectivity index (χ0v) is 15.5. The summed E-state index contributed by atoms with van der Waals surface area (Å²) in [6.07, 6.45) is -2.72. The van der Waals surface area contributed by atoms with Crippen molar-refractivity contribution in [3.63, 3.8) is 0 Å². The summed E-state index contributed by atoms with van der Waals surface area (Å²) < 4.78 is 40.5. The second-order valence-electron chi connectivity index (χ2n) is 4.22. The summed E-state index contributed by atoms with van der Waals surface area (Å²) in [7, 11) is 0. The third-order valence-corrected chi connectivity index (χ3v) is 3.46. The molecule has 0 atom stereocenters. The van der Waals surface area contributed by atoms with Crippen molar-refractivity contribution < 1.29 is 45.9 Å². The maximum Gasteiger partial charge on any atom is 0.256 e. The van der Waals surface area contributed by atoms with Crippen LogP contribution in [0.3, 0.4) is 0 Å². The molecule has 0 aliphatic carbocycles. The molecular formula is C14H10BrF3NOY-. The molecule has 109 valence electrons. The fourth-order valence-electron chi connectivity index (χ4n) is 1.87. The van der Waals surface area contributed by atoms with Crippen LogP contribution in [0.15, 0.2) is 33.5 Å². The third kappa shape index (κ3) is 4.05. The van der Waals surface area contributed by atoms with Crippen LogP contribution in [0.25, 0.3) is 11.3 Å². The Balaban J connectivity index is 0.00000220. The summed E-state index contributed by atoms with van der Waals surface area (Å²) in [5, 5.41) is 0. The van der Waals surface area contributed by atoms with Gasteiger partial charge in [0.2, 0.25) is 0 Å². The Labute approximate surface area is 153 Å². The zero-order valence-electron chi connectivity index (χ0n) is 11.0. The van der Waals surface area contributed by atoms with Gasteiger partial charge in [-0.1, -0.05) is 51.8 Å². The first-order valence-corrected chi connectivity index (χ1v) is 6.55. The van der Waals surface area contributed by atoms with Gasteiger partial charge in [-0.15, -0.1) is 0 Å². The van der Waals surface area contributed by atoms with Gasteiger partial charge in [-0.25, -0.2) is 13.2 Å². The fourth-order valence-corrected chi connectivity index (χ4v) is 2.40. The maximum absolute atomic E-state index is 13.9. The van der Waals surface area contributed by atoms with E-state index in [1.165, 1.54) is 25.1 Å². The van der Waals surface area contributed by atoms with Crippen LogP contribution in [-0.4, -0.2) is 11.0 Å². The molecule has 0 aliphatic heterocycles. The molecule has 1 aromatic heterocycles. The molecule has 1 heterocycles. The third-order valence-electron chi connectivity index (χ3n) is 2.80. The van der Waals surface area contributed by atoms with Gasteiger partial charge in [0.15, 0.2) is 5.56 Å². The average molecular weight is 434 g/mol. The van der Waals surface area contributed by atoms with Crippen LogP contribution in [0, 0.1) is 18.8 Å². The quantitative estimate of drug-likeness (QED) is 0.675. The summed E-state index contributed by atoms with van der Waals surface area (Å²) in [5.41, 5.74) is -0.243. The topological polar surface area (TPSA) is 22.0 Å².